The quantitative estimate of drug-likeness (QED) is 0.887. The average Bonchev–Trinajstić information content (AvgIpc) is 2.15. The Labute approximate surface area is 116 Å². The smallest absolute Gasteiger partial charge is 0.225 e. The molecule has 0 aliphatic heterocycles. The highest BCUT2D eigenvalue weighted by atomic mass is 35.5. The second-order valence-corrected chi connectivity index (χ2v) is 5.53. The molecule has 4 heteroatoms. The molecule has 0 aromatic heterocycles. The number of hydrogen-bond donors (Lipinski definition) is 2. The first-order valence-electron chi connectivity index (χ1n) is 5.95. The summed E-state index contributed by atoms with van der Waals surface area (Å²) in [5, 5.41) is 2.93. The van der Waals surface area contributed by atoms with Crippen molar-refractivity contribution < 1.29 is 4.79 Å². The van der Waals surface area contributed by atoms with Gasteiger partial charge in [0.05, 0.1) is 0 Å². The molecule has 1 aromatic carbocycles. The maximum absolute atomic E-state index is 11.7. The van der Waals surface area contributed by atoms with Crippen molar-refractivity contribution in [3.63, 3.8) is 0 Å². The van der Waals surface area contributed by atoms with Crippen LogP contribution in [-0.4, -0.2) is 11.9 Å². The monoisotopic (exact) mass is 270 g/mol. The minimum absolute atomic E-state index is 0. The molecule has 0 spiro atoms. The number of nitrogens with one attached hydrogen (secondary N) is 1. The fourth-order valence-corrected chi connectivity index (χ4v) is 1.74. The summed E-state index contributed by atoms with van der Waals surface area (Å²) in [4.78, 5) is 11.7. The lowest BCUT2D eigenvalue weighted by Gasteiger charge is -2.23. The zero-order valence-electron chi connectivity index (χ0n) is 11.5. The molecule has 0 fully saturated rings. The fourth-order valence-electron chi connectivity index (χ4n) is 1.74. The van der Waals surface area contributed by atoms with Crippen molar-refractivity contribution in [3.05, 3.63) is 29.8 Å². The van der Waals surface area contributed by atoms with E-state index in [0.29, 0.717) is 6.42 Å². The van der Waals surface area contributed by atoms with Gasteiger partial charge < -0.3 is 11.1 Å². The van der Waals surface area contributed by atoms with E-state index < -0.39 is 0 Å². The van der Waals surface area contributed by atoms with Crippen LogP contribution in [0.2, 0.25) is 0 Å². The van der Waals surface area contributed by atoms with Crippen LogP contribution in [0.3, 0.4) is 0 Å². The number of amides is 1. The molecule has 102 valence electrons. The number of carbonyl (C=O) groups is 1. The van der Waals surface area contributed by atoms with Crippen LogP contribution in [-0.2, 0) is 10.2 Å². The Morgan fingerprint density at radius 1 is 1.33 bits per heavy atom. The Hall–Kier alpha value is -1.06. The SMILES string of the molecule is CC(N)CC(=O)Nc1ccccc1C(C)(C)C.Cl. The summed E-state index contributed by atoms with van der Waals surface area (Å²) >= 11 is 0. The summed E-state index contributed by atoms with van der Waals surface area (Å²) < 4.78 is 0. The number of para-hydroxylation sites is 1. The number of halogens is 1. The fraction of sp³-hybridized carbons (Fsp3) is 0.500. The van der Waals surface area contributed by atoms with E-state index in [-0.39, 0.29) is 29.8 Å². The van der Waals surface area contributed by atoms with E-state index in [0.717, 1.165) is 11.3 Å². The second-order valence-electron chi connectivity index (χ2n) is 5.53. The maximum Gasteiger partial charge on any atom is 0.225 e. The van der Waals surface area contributed by atoms with Gasteiger partial charge >= 0.3 is 0 Å². The number of rotatable bonds is 3. The van der Waals surface area contributed by atoms with E-state index in [1.807, 2.05) is 31.2 Å². The maximum atomic E-state index is 11.7. The highest BCUT2D eigenvalue weighted by Gasteiger charge is 2.18. The minimum atomic E-state index is -0.114. The van der Waals surface area contributed by atoms with Gasteiger partial charge in [0.1, 0.15) is 0 Å². The molecule has 0 aliphatic carbocycles. The third-order valence-electron chi connectivity index (χ3n) is 2.52. The molecule has 3 nitrogen and oxygen atoms in total. The Morgan fingerprint density at radius 3 is 2.39 bits per heavy atom. The molecule has 0 radical (unpaired) electrons. The second kappa shape index (κ2) is 6.76. The van der Waals surface area contributed by atoms with Crippen LogP contribution in [0.1, 0.15) is 39.7 Å². The molecule has 0 bridgehead atoms. The first-order valence-corrected chi connectivity index (χ1v) is 5.95. The highest BCUT2D eigenvalue weighted by Crippen LogP contribution is 2.29. The normalized spacial score (nSPS) is 12.5. The Bertz CT molecular complexity index is 397. The molecule has 1 aromatic rings. The predicted octanol–water partition coefficient (Wildman–Crippen LogP) is 3.08. The number of hydrogen-bond acceptors (Lipinski definition) is 2. The van der Waals surface area contributed by atoms with Crippen LogP contribution < -0.4 is 11.1 Å². The molecule has 0 saturated carbocycles. The zero-order chi connectivity index (χ0) is 13.1. The zero-order valence-corrected chi connectivity index (χ0v) is 12.3. The van der Waals surface area contributed by atoms with Crippen LogP contribution in [0.15, 0.2) is 24.3 Å². The van der Waals surface area contributed by atoms with Gasteiger partial charge in [-0.25, -0.2) is 0 Å². The first kappa shape index (κ1) is 16.9. The van der Waals surface area contributed by atoms with Crippen molar-refractivity contribution in [1.29, 1.82) is 0 Å². The lowest BCUT2D eigenvalue weighted by Crippen LogP contribution is -2.25. The molecule has 1 atom stereocenters. The Kier molecular flexibility index (Phi) is 6.36. The minimum Gasteiger partial charge on any atom is -0.327 e. The van der Waals surface area contributed by atoms with Crippen molar-refractivity contribution in [3.8, 4) is 0 Å². The molecule has 1 rings (SSSR count). The standard InChI is InChI=1S/C14H22N2O.ClH/c1-10(15)9-13(17)16-12-8-6-5-7-11(12)14(2,3)4;/h5-8,10H,9,15H2,1-4H3,(H,16,17);1H. The Balaban J connectivity index is 0.00000289. The van der Waals surface area contributed by atoms with Crippen LogP contribution in [0.5, 0.6) is 0 Å². The third kappa shape index (κ3) is 5.07. The molecule has 0 heterocycles. The van der Waals surface area contributed by atoms with Gasteiger partial charge in [-0.2, -0.15) is 0 Å². The summed E-state index contributed by atoms with van der Waals surface area (Å²) in [6.45, 7) is 8.21. The van der Waals surface area contributed by atoms with Gasteiger partial charge in [0.15, 0.2) is 0 Å². The number of carbonyl (C=O) groups excluding carboxylic acids is 1. The molecule has 1 unspecified atom stereocenters. The molecule has 0 saturated heterocycles. The van der Waals surface area contributed by atoms with Gasteiger partial charge in [-0.15, -0.1) is 12.4 Å². The van der Waals surface area contributed by atoms with Gasteiger partial charge in [-0.3, -0.25) is 4.79 Å². The van der Waals surface area contributed by atoms with Gasteiger partial charge in [0.2, 0.25) is 5.91 Å². The lowest BCUT2D eigenvalue weighted by atomic mass is 9.86. The van der Waals surface area contributed by atoms with E-state index in [1.165, 1.54) is 0 Å². The highest BCUT2D eigenvalue weighted by molar-refractivity contribution is 5.92. The van der Waals surface area contributed by atoms with Crippen LogP contribution in [0, 0.1) is 0 Å². The van der Waals surface area contributed by atoms with Gasteiger partial charge in [-0.1, -0.05) is 39.0 Å². The molecular weight excluding hydrogens is 248 g/mol. The van der Waals surface area contributed by atoms with Gasteiger partial charge in [-0.05, 0) is 24.0 Å². The van der Waals surface area contributed by atoms with E-state index in [1.54, 1.807) is 0 Å². The molecule has 0 aliphatic rings. The first-order chi connectivity index (χ1) is 7.80. The van der Waals surface area contributed by atoms with Crippen molar-refractivity contribution in [2.45, 2.75) is 45.6 Å². The van der Waals surface area contributed by atoms with Crippen LogP contribution in [0.4, 0.5) is 5.69 Å². The van der Waals surface area contributed by atoms with E-state index in [4.69, 9.17) is 5.73 Å². The topological polar surface area (TPSA) is 55.1 Å². The van der Waals surface area contributed by atoms with Gasteiger partial charge in [0.25, 0.3) is 0 Å². The summed E-state index contributed by atoms with van der Waals surface area (Å²) in [5.74, 6) is -0.0308. The summed E-state index contributed by atoms with van der Waals surface area (Å²) in [7, 11) is 0. The summed E-state index contributed by atoms with van der Waals surface area (Å²) in [5.41, 5.74) is 7.64. The van der Waals surface area contributed by atoms with Crippen molar-refractivity contribution >= 4 is 24.0 Å². The van der Waals surface area contributed by atoms with Crippen molar-refractivity contribution in [2.24, 2.45) is 5.73 Å². The molecular formula is C14H23ClN2O. The average molecular weight is 271 g/mol. The van der Waals surface area contributed by atoms with E-state index in [2.05, 4.69) is 26.1 Å². The van der Waals surface area contributed by atoms with Gasteiger partial charge in [0, 0.05) is 18.2 Å². The number of anilines is 1. The Morgan fingerprint density at radius 2 is 1.89 bits per heavy atom. The molecule has 3 N–H and O–H groups in total. The van der Waals surface area contributed by atoms with E-state index >= 15 is 0 Å². The number of benzene rings is 1. The molecule has 18 heavy (non-hydrogen) atoms. The predicted molar refractivity (Wildman–Crippen MR) is 79.3 cm³/mol. The third-order valence-corrected chi connectivity index (χ3v) is 2.52. The van der Waals surface area contributed by atoms with Crippen molar-refractivity contribution in [2.75, 3.05) is 5.32 Å². The van der Waals surface area contributed by atoms with Crippen molar-refractivity contribution in [1.82, 2.24) is 0 Å². The summed E-state index contributed by atoms with van der Waals surface area (Å²) in [6.07, 6.45) is 0.346. The molecule has 1 amide bonds. The van der Waals surface area contributed by atoms with Crippen LogP contribution >= 0.6 is 12.4 Å². The summed E-state index contributed by atoms with van der Waals surface area (Å²) in [6, 6.07) is 7.77. The number of nitrogens with two attached hydrogens (primary N) is 1. The largest absolute Gasteiger partial charge is 0.327 e. The lowest BCUT2D eigenvalue weighted by molar-refractivity contribution is -0.116. The van der Waals surface area contributed by atoms with E-state index in [9.17, 15) is 4.79 Å². The van der Waals surface area contributed by atoms with Crippen LogP contribution in [0.25, 0.3) is 0 Å².